The van der Waals surface area contributed by atoms with Crippen molar-refractivity contribution in [2.45, 2.75) is 43.4 Å². The topological polar surface area (TPSA) is 90.3 Å². The lowest BCUT2D eigenvalue weighted by Gasteiger charge is -2.22. The number of halogens is 1. The van der Waals surface area contributed by atoms with Gasteiger partial charge in [0.1, 0.15) is 6.10 Å². The molecule has 0 unspecified atom stereocenters. The van der Waals surface area contributed by atoms with Crippen LogP contribution in [0.1, 0.15) is 48.5 Å². The molecule has 1 aromatic carbocycles. The quantitative estimate of drug-likeness (QED) is 0.803. The van der Waals surface area contributed by atoms with Gasteiger partial charge in [-0.15, -0.1) is 3.89 Å². The zero-order valence-electron chi connectivity index (χ0n) is 14.4. The summed E-state index contributed by atoms with van der Waals surface area (Å²) in [4.78, 5) is 12.0. The van der Waals surface area contributed by atoms with Crippen molar-refractivity contribution in [3.8, 4) is 0 Å². The molecule has 7 nitrogen and oxygen atoms in total. The lowest BCUT2D eigenvalue weighted by molar-refractivity contribution is 0.0783. The van der Waals surface area contributed by atoms with Crippen LogP contribution in [0.3, 0.4) is 0 Å². The lowest BCUT2D eigenvalue weighted by Crippen LogP contribution is -2.37. The molecule has 1 N–H and O–H groups in total. The van der Waals surface area contributed by atoms with Crippen molar-refractivity contribution < 1.29 is 21.8 Å². The average Bonchev–Trinajstić information content (AvgIpc) is 3.22. The highest BCUT2D eigenvalue weighted by atomic mass is 32.3. The average molecular weight is 381 g/mol. The number of carbonyl (C=O) groups excluding carboxylic acids is 1. The van der Waals surface area contributed by atoms with Crippen LogP contribution in [0.15, 0.2) is 41.4 Å². The van der Waals surface area contributed by atoms with E-state index in [-0.39, 0.29) is 29.7 Å². The first kappa shape index (κ1) is 18.5. The van der Waals surface area contributed by atoms with Crippen molar-refractivity contribution in [1.29, 1.82) is 0 Å². The summed E-state index contributed by atoms with van der Waals surface area (Å²) < 4.78 is 42.3. The zero-order chi connectivity index (χ0) is 18.9. The van der Waals surface area contributed by atoms with Crippen molar-refractivity contribution in [2.75, 3.05) is 6.61 Å². The van der Waals surface area contributed by atoms with Gasteiger partial charge in [0.15, 0.2) is 0 Å². The van der Waals surface area contributed by atoms with E-state index in [0.29, 0.717) is 13.0 Å². The molecular formula is C17H20FN3O4S. The van der Waals surface area contributed by atoms with Gasteiger partial charge in [-0.1, -0.05) is 0 Å². The molecule has 0 spiro atoms. The molecule has 2 aromatic rings. The normalized spacial score (nSPS) is 20.5. The van der Waals surface area contributed by atoms with Gasteiger partial charge in [0.2, 0.25) is 0 Å². The van der Waals surface area contributed by atoms with Crippen LogP contribution in [0.25, 0.3) is 0 Å². The molecule has 1 saturated heterocycles. The Bertz CT molecular complexity index is 893. The molecule has 0 radical (unpaired) electrons. The van der Waals surface area contributed by atoms with E-state index in [4.69, 9.17) is 4.74 Å². The maximum Gasteiger partial charge on any atom is 0.332 e. The Balaban J connectivity index is 1.75. The summed E-state index contributed by atoms with van der Waals surface area (Å²) in [5.41, 5.74) is 1.14. The summed E-state index contributed by atoms with van der Waals surface area (Å²) in [6, 6.07) is 6.50. The highest BCUT2D eigenvalue weighted by Crippen LogP contribution is 2.30. The molecule has 0 bridgehead atoms. The summed E-state index contributed by atoms with van der Waals surface area (Å²) in [6.07, 6.45) is 2.04. The van der Waals surface area contributed by atoms with Gasteiger partial charge in [-0.2, -0.15) is 13.5 Å². The summed E-state index contributed by atoms with van der Waals surface area (Å²) >= 11 is 0. The highest BCUT2D eigenvalue weighted by Gasteiger charge is 2.33. The summed E-state index contributed by atoms with van der Waals surface area (Å²) in [6.45, 7) is 4.54. The second-order valence-electron chi connectivity index (χ2n) is 6.42. The van der Waals surface area contributed by atoms with E-state index in [1.165, 1.54) is 12.1 Å². The van der Waals surface area contributed by atoms with Gasteiger partial charge < -0.3 is 10.1 Å². The molecule has 2 atom stereocenters. The fraction of sp³-hybridized carbons (Fsp3) is 0.412. The first-order valence-electron chi connectivity index (χ1n) is 8.28. The van der Waals surface area contributed by atoms with Crippen molar-refractivity contribution >= 4 is 16.1 Å². The number of amides is 1. The Morgan fingerprint density at radius 1 is 1.31 bits per heavy atom. The third-order valence-electron chi connectivity index (χ3n) is 4.29. The predicted octanol–water partition coefficient (Wildman–Crippen LogP) is 2.38. The molecule has 1 aliphatic rings. The molecule has 9 heteroatoms. The minimum atomic E-state index is -4.78. The second-order valence-corrected chi connectivity index (χ2v) is 7.76. The van der Waals surface area contributed by atoms with Crippen molar-refractivity contribution in [3.05, 3.63) is 47.8 Å². The third-order valence-corrected chi connectivity index (χ3v) is 5.12. The summed E-state index contributed by atoms with van der Waals surface area (Å²) in [5, 5.41) is 7.21. The molecule has 1 fully saturated rings. The van der Waals surface area contributed by atoms with E-state index in [2.05, 4.69) is 10.4 Å². The number of benzene rings is 1. The molecule has 2 heterocycles. The van der Waals surface area contributed by atoms with Gasteiger partial charge in [0.05, 0.1) is 16.6 Å². The summed E-state index contributed by atoms with van der Waals surface area (Å²) in [5.74, 6) is -0.371. The molecule has 0 aliphatic carbocycles. The first-order chi connectivity index (χ1) is 12.3. The van der Waals surface area contributed by atoms with Crippen LogP contribution in [-0.4, -0.2) is 36.8 Å². The van der Waals surface area contributed by atoms with E-state index < -0.39 is 15.1 Å². The minimum Gasteiger partial charge on any atom is -0.370 e. The standard InChI is InChI=1S/C17H20FN3O4S/c1-11(2)21-15(7-9-19-21)16-14(8-10-25-16)20-17(22)12-3-5-13(6-4-12)26(18,23)24/h3-7,9,11,14,16H,8,10H2,1-2H3,(H,20,22)/t14-,16-/m0/s1. The van der Waals surface area contributed by atoms with Crippen LogP contribution in [0.4, 0.5) is 3.89 Å². The Labute approximate surface area is 151 Å². The smallest absolute Gasteiger partial charge is 0.332 e. The first-order valence-corrected chi connectivity index (χ1v) is 9.66. The summed E-state index contributed by atoms with van der Waals surface area (Å²) in [7, 11) is -4.78. The maximum atomic E-state index is 12.9. The molecule has 140 valence electrons. The van der Waals surface area contributed by atoms with Crippen molar-refractivity contribution in [1.82, 2.24) is 15.1 Å². The van der Waals surface area contributed by atoms with Crippen LogP contribution >= 0.6 is 0 Å². The predicted molar refractivity (Wildman–Crippen MR) is 91.9 cm³/mol. The Morgan fingerprint density at radius 2 is 2.00 bits per heavy atom. The number of aromatic nitrogens is 2. The number of hydrogen-bond acceptors (Lipinski definition) is 5. The fourth-order valence-corrected chi connectivity index (χ4v) is 3.49. The molecular weight excluding hydrogens is 361 g/mol. The zero-order valence-corrected chi connectivity index (χ0v) is 15.2. The van der Waals surface area contributed by atoms with Gasteiger partial charge >= 0.3 is 10.2 Å². The van der Waals surface area contributed by atoms with Crippen molar-refractivity contribution in [3.63, 3.8) is 0 Å². The fourth-order valence-electron chi connectivity index (χ4n) is 3.03. The molecule has 3 rings (SSSR count). The lowest BCUT2D eigenvalue weighted by atomic mass is 10.1. The van der Waals surface area contributed by atoms with E-state index in [0.717, 1.165) is 17.8 Å². The molecule has 1 amide bonds. The van der Waals surface area contributed by atoms with E-state index in [1.54, 1.807) is 6.20 Å². The van der Waals surface area contributed by atoms with Crippen LogP contribution in [0, 0.1) is 0 Å². The number of carbonyl (C=O) groups is 1. The van der Waals surface area contributed by atoms with E-state index in [9.17, 15) is 17.1 Å². The molecule has 1 aromatic heterocycles. The number of nitrogens with zero attached hydrogens (tertiary/aromatic N) is 2. The van der Waals surface area contributed by atoms with Crippen LogP contribution in [-0.2, 0) is 15.0 Å². The van der Waals surface area contributed by atoms with Gasteiger partial charge in [-0.25, -0.2) is 0 Å². The number of rotatable bonds is 5. The van der Waals surface area contributed by atoms with Gasteiger partial charge in [-0.3, -0.25) is 9.48 Å². The number of ether oxygens (including phenoxy) is 1. The van der Waals surface area contributed by atoms with Crippen LogP contribution in [0.2, 0.25) is 0 Å². The van der Waals surface area contributed by atoms with Gasteiger partial charge in [-0.05, 0) is 50.6 Å². The third kappa shape index (κ3) is 3.78. The van der Waals surface area contributed by atoms with Crippen LogP contribution in [0.5, 0.6) is 0 Å². The number of hydrogen-bond donors (Lipinski definition) is 1. The Kier molecular flexibility index (Phi) is 5.10. The van der Waals surface area contributed by atoms with E-state index in [1.807, 2.05) is 24.6 Å². The Hall–Kier alpha value is -2.26. The van der Waals surface area contributed by atoms with Gasteiger partial charge in [0, 0.05) is 24.4 Å². The van der Waals surface area contributed by atoms with Crippen LogP contribution < -0.4 is 5.32 Å². The number of nitrogens with one attached hydrogen (secondary N) is 1. The second kappa shape index (κ2) is 7.16. The maximum absolute atomic E-state index is 12.9. The molecule has 0 saturated carbocycles. The SMILES string of the molecule is CC(C)n1nccc1[C@H]1OCC[C@@H]1NC(=O)c1ccc(S(=O)(=O)F)cc1. The van der Waals surface area contributed by atoms with Crippen molar-refractivity contribution in [2.24, 2.45) is 0 Å². The largest absolute Gasteiger partial charge is 0.370 e. The van der Waals surface area contributed by atoms with Gasteiger partial charge in [0.25, 0.3) is 5.91 Å². The Morgan fingerprint density at radius 3 is 2.62 bits per heavy atom. The van der Waals surface area contributed by atoms with E-state index >= 15 is 0 Å². The molecule has 1 aliphatic heterocycles. The monoisotopic (exact) mass is 381 g/mol. The minimum absolute atomic E-state index is 0.163. The highest BCUT2D eigenvalue weighted by molar-refractivity contribution is 7.86. The molecule has 26 heavy (non-hydrogen) atoms.